The van der Waals surface area contributed by atoms with Gasteiger partial charge in [0.25, 0.3) is 0 Å². The van der Waals surface area contributed by atoms with Crippen LogP contribution in [0.2, 0.25) is 0 Å². The van der Waals surface area contributed by atoms with Crippen LogP contribution in [0.3, 0.4) is 0 Å². The van der Waals surface area contributed by atoms with Crippen LogP contribution in [0.25, 0.3) is 11.0 Å². The van der Waals surface area contributed by atoms with E-state index in [9.17, 15) is 0 Å². The quantitative estimate of drug-likeness (QED) is 0.754. The van der Waals surface area contributed by atoms with Crippen LogP contribution in [0.4, 0.5) is 5.69 Å². The van der Waals surface area contributed by atoms with E-state index in [1.54, 1.807) is 6.20 Å². The lowest BCUT2D eigenvalue weighted by Crippen LogP contribution is -2.06. The summed E-state index contributed by atoms with van der Waals surface area (Å²) in [4.78, 5) is 4.14. The highest BCUT2D eigenvalue weighted by molar-refractivity contribution is 5.77. The Balaban J connectivity index is 1.87. The molecule has 3 rings (SSSR count). The number of furan rings is 1. The number of anilines is 1. The molecular weight excluding hydrogens is 236 g/mol. The molecule has 1 unspecified atom stereocenters. The fourth-order valence-corrected chi connectivity index (χ4v) is 2.14. The highest BCUT2D eigenvalue weighted by Crippen LogP contribution is 2.26. The number of para-hydroxylation sites is 1. The standard InChI is InChI=1S/C16H16N2O/c1-11-7-8-17-10-14(11)18-12(2)16-9-13-5-3-4-6-15(13)19-16/h3-10,12,18H,1-2H3. The maximum Gasteiger partial charge on any atom is 0.134 e. The Morgan fingerprint density at radius 3 is 2.84 bits per heavy atom. The summed E-state index contributed by atoms with van der Waals surface area (Å²) < 4.78 is 5.86. The van der Waals surface area contributed by atoms with Gasteiger partial charge in [-0.1, -0.05) is 18.2 Å². The third-order valence-electron chi connectivity index (χ3n) is 3.28. The molecule has 0 aliphatic heterocycles. The minimum Gasteiger partial charge on any atom is -0.459 e. The molecule has 0 saturated carbocycles. The van der Waals surface area contributed by atoms with Gasteiger partial charge in [0.2, 0.25) is 0 Å². The van der Waals surface area contributed by atoms with Crippen LogP contribution in [0, 0.1) is 6.92 Å². The maximum absolute atomic E-state index is 5.86. The van der Waals surface area contributed by atoms with E-state index in [4.69, 9.17) is 4.42 Å². The van der Waals surface area contributed by atoms with Gasteiger partial charge in [0.1, 0.15) is 11.3 Å². The number of nitrogens with one attached hydrogen (secondary N) is 1. The van der Waals surface area contributed by atoms with Crippen LogP contribution in [0.1, 0.15) is 24.3 Å². The van der Waals surface area contributed by atoms with Crippen molar-refractivity contribution in [2.24, 2.45) is 0 Å². The van der Waals surface area contributed by atoms with E-state index in [2.05, 4.69) is 36.3 Å². The second kappa shape index (κ2) is 4.76. The van der Waals surface area contributed by atoms with Gasteiger partial charge < -0.3 is 9.73 Å². The van der Waals surface area contributed by atoms with Crippen molar-refractivity contribution < 1.29 is 4.42 Å². The Morgan fingerprint density at radius 1 is 1.21 bits per heavy atom. The van der Waals surface area contributed by atoms with Gasteiger partial charge in [-0.25, -0.2) is 0 Å². The van der Waals surface area contributed by atoms with E-state index in [1.807, 2.05) is 30.5 Å². The third-order valence-corrected chi connectivity index (χ3v) is 3.28. The van der Waals surface area contributed by atoms with Crippen LogP contribution >= 0.6 is 0 Å². The largest absolute Gasteiger partial charge is 0.459 e. The topological polar surface area (TPSA) is 38.1 Å². The number of pyridine rings is 1. The summed E-state index contributed by atoms with van der Waals surface area (Å²) in [5.74, 6) is 0.935. The highest BCUT2D eigenvalue weighted by atomic mass is 16.3. The molecule has 0 fully saturated rings. The monoisotopic (exact) mass is 252 g/mol. The van der Waals surface area contributed by atoms with E-state index >= 15 is 0 Å². The van der Waals surface area contributed by atoms with Gasteiger partial charge in [-0.2, -0.15) is 0 Å². The molecule has 0 saturated heterocycles. The van der Waals surface area contributed by atoms with Crippen molar-refractivity contribution in [3.8, 4) is 0 Å². The van der Waals surface area contributed by atoms with Gasteiger partial charge in [-0.15, -0.1) is 0 Å². The van der Waals surface area contributed by atoms with E-state index < -0.39 is 0 Å². The number of rotatable bonds is 3. The first-order valence-electron chi connectivity index (χ1n) is 6.39. The first-order valence-corrected chi connectivity index (χ1v) is 6.39. The molecule has 19 heavy (non-hydrogen) atoms. The molecule has 0 amide bonds. The lowest BCUT2D eigenvalue weighted by Gasteiger charge is -2.14. The molecule has 3 nitrogen and oxygen atoms in total. The third kappa shape index (κ3) is 2.32. The summed E-state index contributed by atoms with van der Waals surface area (Å²) in [6.07, 6.45) is 3.64. The van der Waals surface area contributed by atoms with Crippen molar-refractivity contribution in [3.05, 3.63) is 60.1 Å². The predicted octanol–water partition coefficient (Wildman–Crippen LogP) is 4.31. The van der Waals surface area contributed by atoms with E-state index in [0.29, 0.717) is 0 Å². The summed E-state index contributed by atoms with van der Waals surface area (Å²) in [6, 6.07) is 12.2. The van der Waals surface area contributed by atoms with Gasteiger partial charge in [0.05, 0.1) is 17.9 Å². The molecule has 0 bridgehead atoms. The number of hydrogen-bond donors (Lipinski definition) is 1. The zero-order valence-electron chi connectivity index (χ0n) is 11.1. The van der Waals surface area contributed by atoms with Crippen LogP contribution in [0.15, 0.2) is 53.2 Å². The van der Waals surface area contributed by atoms with Gasteiger partial charge in [0, 0.05) is 11.6 Å². The molecule has 0 spiro atoms. The molecule has 0 aliphatic carbocycles. The van der Waals surface area contributed by atoms with Crippen LogP contribution < -0.4 is 5.32 Å². The highest BCUT2D eigenvalue weighted by Gasteiger charge is 2.12. The Hall–Kier alpha value is -2.29. The van der Waals surface area contributed by atoms with Crippen LogP contribution in [0.5, 0.6) is 0 Å². The van der Waals surface area contributed by atoms with Crippen molar-refractivity contribution in [1.29, 1.82) is 0 Å². The maximum atomic E-state index is 5.86. The smallest absolute Gasteiger partial charge is 0.134 e. The van der Waals surface area contributed by atoms with Gasteiger partial charge >= 0.3 is 0 Å². The average Bonchev–Trinajstić information content (AvgIpc) is 2.85. The van der Waals surface area contributed by atoms with Crippen molar-refractivity contribution >= 4 is 16.7 Å². The van der Waals surface area contributed by atoms with Crippen LogP contribution in [-0.4, -0.2) is 4.98 Å². The molecule has 3 aromatic rings. The Labute approximate surface area is 112 Å². The normalized spacial score (nSPS) is 12.5. The minimum atomic E-state index is 0.107. The SMILES string of the molecule is Cc1ccncc1NC(C)c1cc2ccccc2o1. The van der Waals surface area contributed by atoms with Gasteiger partial charge in [-0.3, -0.25) is 4.98 Å². The van der Waals surface area contributed by atoms with Gasteiger partial charge in [0.15, 0.2) is 0 Å². The number of fused-ring (bicyclic) bond motifs is 1. The second-order valence-electron chi connectivity index (χ2n) is 4.74. The fourth-order valence-electron chi connectivity index (χ4n) is 2.14. The predicted molar refractivity (Wildman–Crippen MR) is 77.2 cm³/mol. The molecule has 1 aromatic carbocycles. The first-order chi connectivity index (χ1) is 9.24. The molecule has 96 valence electrons. The summed E-state index contributed by atoms with van der Waals surface area (Å²) in [7, 11) is 0. The summed E-state index contributed by atoms with van der Waals surface area (Å²) >= 11 is 0. The first kappa shape index (κ1) is 11.8. The second-order valence-corrected chi connectivity index (χ2v) is 4.74. The number of benzene rings is 1. The lowest BCUT2D eigenvalue weighted by molar-refractivity contribution is 0.526. The number of nitrogens with zero attached hydrogens (tertiary/aromatic N) is 1. The minimum absolute atomic E-state index is 0.107. The molecule has 2 heterocycles. The molecule has 0 radical (unpaired) electrons. The molecule has 0 aliphatic rings. The van der Waals surface area contributed by atoms with Crippen LogP contribution in [-0.2, 0) is 0 Å². The molecule has 3 heteroatoms. The molecular formula is C16H16N2O. The van der Waals surface area contributed by atoms with E-state index in [1.165, 1.54) is 5.56 Å². The molecule has 1 N–H and O–H groups in total. The average molecular weight is 252 g/mol. The zero-order chi connectivity index (χ0) is 13.2. The molecule has 1 atom stereocenters. The number of hydrogen-bond acceptors (Lipinski definition) is 3. The number of aryl methyl sites for hydroxylation is 1. The number of aromatic nitrogens is 1. The van der Waals surface area contributed by atoms with Gasteiger partial charge in [-0.05, 0) is 37.6 Å². The Morgan fingerprint density at radius 2 is 2.05 bits per heavy atom. The lowest BCUT2D eigenvalue weighted by atomic mass is 10.2. The van der Waals surface area contributed by atoms with Crippen molar-refractivity contribution in [3.63, 3.8) is 0 Å². The van der Waals surface area contributed by atoms with Crippen molar-refractivity contribution in [2.45, 2.75) is 19.9 Å². The zero-order valence-corrected chi connectivity index (χ0v) is 11.1. The fraction of sp³-hybridized carbons (Fsp3) is 0.188. The van der Waals surface area contributed by atoms with E-state index in [0.717, 1.165) is 22.4 Å². The summed E-state index contributed by atoms with van der Waals surface area (Å²) in [6.45, 7) is 4.15. The van der Waals surface area contributed by atoms with Crippen molar-refractivity contribution in [1.82, 2.24) is 4.98 Å². The summed E-state index contributed by atoms with van der Waals surface area (Å²) in [5, 5.41) is 4.56. The molecule has 2 aromatic heterocycles. The van der Waals surface area contributed by atoms with E-state index in [-0.39, 0.29) is 6.04 Å². The van der Waals surface area contributed by atoms with Crippen molar-refractivity contribution in [2.75, 3.05) is 5.32 Å². The Kier molecular flexibility index (Phi) is 2.95. The Bertz CT molecular complexity index is 670. The summed E-state index contributed by atoms with van der Waals surface area (Å²) in [5.41, 5.74) is 3.14.